The molecule has 0 aromatic heterocycles. The Morgan fingerprint density at radius 2 is 1.94 bits per heavy atom. The highest BCUT2D eigenvalue weighted by Crippen LogP contribution is 2.33. The highest BCUT2D eigenvalue weighted by molar-refractivity contribution is 4.95. The van der Waals surface area contributed by atoms with Gasteiger partial charge in [-0.3, -0.25) is 4.90 Å². The molecule has 0 aromatic carbocycles. The lowest BCUT2D eigenvalue weighted by atomic mass is 9.84. The van der Waals surface area contributed by atoms with E-state index in [1.165, 1.54) is 32.2 Å². The zero-order valence-corrected chi connectivity index (χ0v) is 12.1. The van der Waals surface area contributed by atoms with E-state index < -0.39 is 0 Å². The Labute approximate surface area is 107 Å². The van der Waals surface area contributed by atoms with Crippen LogP contribution in [-0.2, 0) is 0 Å². The van der Waals surface area contributed by atoms with Crippen LogP contribution < -0.4 is 5.32 Å². The number of piperidine rings is 1. The summed E-state index contributed by atoms with van der Waals surface area (Å²) in [6.45, 7) is 12.0. The minimum absolute atomic E-state index is 0.750. The molecule has 0 aromatic rings. The summed E-state index contributed by atoms with van der Waals surface area (Å²) >= 11 is 0. The van der Waals surface area contributed by atoms with Crippen molar-refractivity contribution in [2.45, 2.75) is 71.5 Å². The second-order valence-corrected chi connectivity index (χ2v) is 6.42. The Morgan fingerprint density at radius 3 is 2.65 bits per heavy atom. The van der Waals surface area contributed by atoms with Crippen LogP contribution in [0.15, 0.2) is 0 Å². The van der Waals surface area contributed by atoms with E-state index in [1.54, 1.807) is 0 Å². The Kier molecular flexibility index (Phi) is 4.48. The Morgan fingerprint density at radius 1 is 1.18 bits per heavy atom. The van der Waals surface area contributed by atoms with Crippen molar-refractivity contribution in [2.75, 3.05) is 13.1 Å². The van der Waals surface area contributed by atoms with Gasteiger partial charge in [0.15, 0.2) is 0 Å². The van der Waals surface area contributed by atoms with Crippen LogP contribution in [0.2, 0.25) is 0 Å². The first-order valence-corrected chi connectivity index (χ1v) is 7.62. The SMILES string of the molecule is CCNC1CCCC1N1CC(C)CC(C)C1C. The molecule has 0 amide bonds. The van der Waals surface area contributed by atoms with Crippen molar-refractivity contribution >= 4 is 0 Å². The van der Waals surface area contributed by atoms with Crippen LogP contribution in [0.1, 0.15) is 53.4 Å². The largest absolute Gasteiger partial charge is 0.313 e. The van der Waals surface area contributed by atoms with Gasteiger partial charge in [-0.2, -0.15) is 0 Å². The third-order valence-corrected chi connectivity index (χ3v) is 5.02. The van der Waals surface area contributed by atoms with Crippen LogP contribution in [0.5, 0.6) is 0 Å². The van der Waals surface area contributed by atoms with Crippen molar-refractivity contribution < 1.29 is 0 Å². The smallest absolute Gasteiger partial charge is 0.0252 e. The maximum Gasteiger partial charge on any atom is 0.0252 e. The van der Waals surface area contributed by atoms with Crippen LogP contribution in [-0.4, -0.2) is 36.1 Å². The van der Waals surface area contributed by atoms with Gasteiger partial charge < -0.3 is 5.32 Å². The molecule has 0 spiro atoms. The summed E-state index contributed by atoms with van der Waals surface area (Å²) in [6.07, 6.45) is 5.61. The van der Waals surface area contributed by atoms with Gasteiger partial charge in [-0.25, -0.2) is 0 Å². The van der Waals surface area contributed by atoms with Gasteiger partial charge >= 0.3 is 0 Å². The lowest BCUT2D eigenvalue weighted by molar-refractivity contribution is 0.0327. The molecule has 2 heteroatoms. The standard InChI is InChI=1S/C15H30N2/c1-5-16-14-7-6-8-15(14)17-10-11(2)9-12(3)13(17)4/h11-16H,5-10H2,1-4H3. The molecule has 1 heterocycles. The van der Waals surface area contributed by atoms with Gasteiger partial charge in [0.2, 0.25) is 0 Å². The molecule has 2 nitrogen and oxygen atoms in total. The molecule has 0 bridgehead atoms. The minimum Gasteiger partial charge on any atom is -0.313 e. The van der Waals surface area contributed by atoms with E-state index in [1.807, 2.05) is 0 Å². The number of hydrogen-bond acceptors (Lipinski definition) is 2. The van der Waals surface area contributed by atoms with Crippen LogP contribution in [0, 0.1) is 11.8 Å². The first-order valence-electron chi connectivity index (χ1n) is 7.62. The number of nitrogens with one attached hydrogen (secondary N) is 1. The van der Waals surface area contributed by atoms with E-state index in [0.29, 0.717) is 0 Å². The maximum absolute atomic E-state index is 3.70. The third kappa shape index (κ3) is 2.85. The summed E-state index contributed by atoms with van der Waals surface area (Å²) in [5, 5.41) is 3.70. The Hall–Kier alpha value is -0.0800. The van der Waals surface area contributed by atoms with E-state index in [4.69, 9.17) is 0 Å². The zero-order valence-electron chi connectivity index (χ0n) is 12.1. The molecule has 17 heavy (non-hydrogen) atoms. The predicted octanol–water partition coefficient (Wildman–Crippen LogP) is 2.88. The van der Waals surface area contributed by atoms with Gasteiger partial charge in [0, 0.05) is 24.7 Å². The van der Waals surface area contributed by atoms with Gasteiger partial charge in [0.25, 0.3) is 0 Å². The second kappa shape index (κ2) is 5.71. The van der Waals surface area contributed by atoms with Crippen molar-refractivity contribution in [3.63, 3.8) is 0 Å². The average Bonchev–Trinajstić information content (AvgIpc) is 2.72. The van der Waals surface area contributed by atoms with E-state index in [9.17, 15) is 0 Å². The predicted molar refractivity (Wildman–Crippen MR) is 74.2 cm³/mol. The lowest BCUT2D eigenvalue weighted by Gasteiger charge is -2.46. The quantitative estimate of drug-likeness (QED) is 0.813. The van der Waals surface area contributed by atoms with Crippen LogP contribution in [0.25, 0.3) is 0 Å². The molecule has 5 atom stereocenters. The fraction of sp³-hybridized carbons (Fsp3) is 1.00. The van der Waals surface area contributed by atoms with E-state index in [0.717, 1.165) is 36.5 Å². The molecule has 5 unspecified atom stereocenters. The molecule has 0 radical (unpaired) electrons. The molecule has 100 valence electrons. The summed E-state index contributed by atoms with van der Waals surface area (Å²) in [6, 6.07) is 2.32. The molecular weight excluding hydrogens is 208 g/mol. The number of likely N-dealkylation sites (N-methyl/N-ethyl adjacent to an activating group) is 1. The van der Waals surface area contributed by atoms with Gasteiger partial charge in [0.1, 0.15) is 0 Å². The Balaban J connectivity index is 2.03. The molecular formula is C15H30N2. The summed E-state index contributed by atoms with van der Waals surface area (Å²) in [7, 11) is 0. The first kappa shape index (κ1) is 13.4. The van der Waals surface area contributed by atoms with E-state index >= 15 is 0 Å². The normalized spacial score (nSPS) is 44.1. The number of rotatable bonds is 3. The lowest BCUT2D eigenvalue weighted by Crippen LogP contribution is -2.55. The second-order valence-electron chi connectivity index (χ2n) is 6.42. The molecule has 1 N–H and O–H groups in total. The van der Waals surface area contributed by atoms with Gasteiger partial charge in [0.05, 0.1) is 0 Å². The topological polar surface area (TPSA) is 15.3 Å². The van der Waals surface area contributed by atoms with Crippen molar-refractivity contribution in [3.05, 3.63) is 0 Å². The minimum atomic E-state index is 0.750. The monoisotopic (exact) mass is 238 g/mol. The van der Waals surface area contributed by atoms with E-state index in [2.05, 4.69) is 37.9 Å². The maximum atomic E-state index is 3.70. The highest BCUT2D eigenvalue weighted by Gasteiger charge is 2.38. The Bertz CT molecular complexity index is 241. The number of likely N-dealkylation sites (tertiary alicyclic amines) is 1. The average molecular weight is 238 g/mol. The van der Waals surface area contributed by atoms with Crippen LogP contribution >= 0.6 is 0 Å². The summed E-state index contributed by atoms with van der Waals surface area (Å²) in [5.74, 6) is 1.74. The molecule has 1 saturated heterocycles. The summed E-state index contributed by atoms with van der Waals surface area (Å²) < 4.78 is 0. The molecule has 2 rings (SSSR count). The molecule has 2 fully saturated rings. The van der Waals surface area contributed by atoms with E-state index in [-0.39, 0.29) is 0 Å². The highest BCUT2D eigenvalue weighted by atomic mass is 15.2. The van der Waals surface area contributed by atoms with Gasteiger partial charge in [-0.1, -0.05) is 27.2 Å². The molecule has 2 aliphatic rings. The summed E-state index contributed by atoms with van der Waals surface area (Å²) in [4.78, 5) is 2.82. The number of hydrogen-bond donors (Lipinski definition) is 1. The summed E-state index contributed by atoms with van der Waals surface area (Å²) in [5.41, 5.74) is 0. The fourth-order valence-electron chi connectivity index (χ4n) is 4.03. The fourth-order valence-corrected chi connectivity index (χ4v) is 4.03. The van der Waals surface area contributed by atoms with Gasteiger partial charge in [-0.05, 0) is 44.6 Å². The molecule has 1 aliphatic carbocycles. The number of nitrogens with zero attached hydrogens (tertiary/aromatic N) is 1. The van der Waals surface area contributed by atoms with Crippen molar-refractivity contribution in [1.29, 1.82) is 0 Å². The van der Waals surface area contributed by atoms with Crippen molar-refractivity contribution in [2.24, 2.45) is 11.8 Å². The van der Waals surface area contributed by atoms with Crippen molar-refractivity contribution in [3.8, 4) is 0 Å². The van der Waals surface area contributed by atoms with Gasteiger partial charge in [-0.15, -0.1) is 0 Å². The van der Waals surface area contributed by atoms with Crippen LogP contribution in [0.4, 0.5) is 0 Å². The third-order valence-electron chi connectivity index (χ3n) is 5.02. The molecule has 1 saturated carbocycles. The van der Waals surface area contributed by atoms with Crippen LogP contribution in [0.3, 0.4) is 0 Å². The zero-order chi connectivity index (χ0) is 12.4. The van der Waals surface area contributed by atoms with Crippen molar-refractivity contribution in [1.82, 2.24) is 10.2 Å². The molecule has 1 aliphatic heterocycles. The first-order chi connectivity index (χ1) is 8.13.